The zero-order valence-corrected chi connectivity index (χ0v) is 19.5. The number of carbonyl (C=O) groups excluding carboxylic acids is 1. The van der Waals surface area contributed by atoms with Crippen LogP contribution >= 0.6 is 0 Å². The fourth-order valence-corrected chi connectivity index (χ4v) is 4.38. The summed E-state index contributed by atoms with van der Waals surface area (Å²) in [6.07, 6.45) is 6.23. The summed E-state index contributed by atoms with van der Waals surface area (Å²) in [6, 6.07) is 13.5. The maximum absolute atomic E-state index is 12.2. The Labute approximate surface area is 203 Å². The Balaban J connectivity index is 1.26. The topological polar surface area (TPSA) is 116 Å². The zero-order chi connectivity index (χ0) is 24.2. The van der Waals surface area contributed by atoms with Crippen LogP contribution < -0.4 is 15.5 Å². The third-order valence-corrected chi connectivity index (χ3v) is 6.22. The number of aliphatic hydroxyl groups is 1. The van der Waals surface area contributed by atoms with Crippen LogP contribution in [0.3, 0.4) is 0 Å². The summed E-state index contributed by atoms with van der Waals surface area (Å²) in [4.78, 5) is 32.1. The number of amides is 1. The number of carbonyl (C=O) groups is 1. The molecule has 35 heavy (non-hydrogen) atoms. The van der Waals surface area contributed by atoms with E-state index >= 15 is 0 Å². The molecule has 1 aromatic carbocycles. The molecule has 178 valence electrons. The highest BCUT2D eigenvalue weighted by Crippen LogP contribution is 2.24. The van der Waals surface area contributed by atoms with Gasteiger partial charge in [-0.3, -0.25) is 9.78 Å². The standard InChI is InChI=1S/C26H27N7O2/c1-27-26(35)21-8-11-29-25-17(3-2-4-20(21)25)7-10-28-23-13-22(31-16-32-23)18-5-6-24(30-14-18)33-12-9-19(34)15-33/h2-6,8,11,13-14,16,19,34H,7,9-10,12,15H2,1H3,(H,27,35)(H,28,31,32)/t19-/m0/s1. The average Bonchev–Trinajstić information content (AvgIpc) is 3.34. The minimum atomic E-state index is -0.283. The van der Waals surface area contributed by atoms with Crippen LogP contribution in [0.25, 0.3) is 22.2 Å². The highest BCUT2D eigenvalue weighted by molar-refractivity contribution is 6.06. The lowest BCUT2D eigenvalue weighted by molar-refractivity contribution is 0.0964. The Morgan fingerprint density at radius 1 is 1.14 bits per heavy atom. The fourth-order valence-electron chi connectivity index (χ4n) is 4.38. The van der Waals surface area contributed by atoms with E-state index in [-0.39, 0.29) is 12.0 Å². The largest absolute Gasteiger partial charge is 0.391 e. The normalized spacial score (nSPS) is 15.4. The smallest absolute Gasteiger partial charge is 0.251 e. The molecule has 0 bridgehead atoms. The van der Waals surface area contributed by atoms with Gasteiger partial charge in [-0.1, -0.05) is 18.2 Å². The summed E-state index contributed by atoms with van der Waals surface area (Å²) in [6.45, 7) is 2.08. The molecule has 9 nitrogen and oxygen atoms in total. The molecule has 4 aromatic rings. The number of anilines is 2. The first-order valence-electron chi connectivity index (χ1n) is 11.7. The zero-order valence-electron chi connectivity index (χ0n) is 19.5. The van der Waals surface area contributed by atoms with Gasteiger partial charge in [0.05, 0.1) is 22.9 Å². The van der Waals surface area contributed by atoms with Crippen molar-refractivity contribution in [2.24, 2.45) is 0 Å². The maximum atomic E-state index is 12.2. The van der Waals surface area contributed by atoms with Crippen molar-refractivity contribution in [3.05, 3.63) is 72.3 Å². The molecule has 0 radical (unpaired) electrons. The van der Waals surface area contributed by atoms with E-state index in [0.29, 0.717) is 18.7 Å². The summed E-state index contributed by atoms with van der Waals surface area (Å²) in [5.41, 5.74) is 4.19. The summed E-state index contributed by atoms with van der Waals surface area (Å²) < 4.78 is 0. The van der Waals surface area contributed by atoms with Gasteiger partial charge in [-0.05, 0) is 36.6 Å². The minimum Gasteiger partial charge on any atom is -0.391 e. The Morgan fingerprint density at radius 3 is 2.83 bits per heavy atom. The first-order valence-corrected chi connectivity index (χ1v) is 11.7. The van der Waals surface area contributed by atoms with Crippen molar-refractivity contribution in [1.82, 2.24) is 25.3 Å². The number of hydrogen-bond acceptors (Lipinski definition) is 8. The molecule has 5 rings (SSSR count). The van der Waals surface area contributed by atoms with Gasteiger partial charge in [-0.2, -0.15) is 0 Å². The average molecular weight is 470 g/mol. The Bertz CT molecular complexity index is 1340. The van der Waals surface area contributed by atoms with E-state index in [1.54, 1.807) is 25.5 Å². The second-order valence-corrected chi connectivity index (χ2v) is 8.51. The Morgan fingerprint density at radius 2 is 2.06 bits per heavy atom. The number of para-hydroxylation sites is 1. The van der Waals surface area contributed by atoms with Crippen LogP contribution in [-0.2, 0) is 6.42 Å². The van der Waals surface area contributed by atoms with Crippen molar-refractivity contribution in [1.29, 1.82) is 0 Å². The molecule has 1 fully saturated rings. The van der Waals surface area contributed by atoms with Crippen LogP contribution in [0.5, 0.6) is 0 Å². The Hall–Kier alpha value is -4.11. The number of aromatic nitrogens is 4. The van der Waals surface area contributed by atoms with Crippen LogP contribution in [0.1, 0.15) is 22.3 Å². The molecule has 1 aliphatic heterocycles. The number of nitrogens with one attached hydrogen (secondary N) is 2. The lowest BCUT2D eigenvalue weighted by atomic mass is 10.0. The molecule has 0 saturated carbocycles. The third-order valence-electron chi connectivity index (χ3n) is 6.22. The summed E-state index contributed by atoms with van der Waals surface area (Å²) in [5, 5.41) is 16.6. The molecule has 4 heterocycles. The minimum absolute atomic E-state index is 0.123. The van der Waals surface area contributed by atoms with E-state index in [4.69, 9.17) is 0 Å². The van der Waals surface area contributed by atoms with E-state index in [0.717, 1.165) is 58.7 Å². The quantitative estimate of drug-likeness (QED) is 0.378. The number of hydrogen-bond donors (Lipinski definition) is 3. The van der Waals surface area contributed by atoms with Gasteiger partial charge in [0.25, 0.3) is 5.91 Å². The highest BCUT2D eigenvalue weighted by Gasteiger charge is 2.21. The lowest BCUT2D eigenvalue weighted by Crippen LogP contribution is -2.21. The maximum Gasteiger partial charge on any atom is 0.251 e. The van der Waals surface area contributed by atoms with E-state index in [1.807, 2.05) is 36.4 Å². The molecule has 0 unspecified atom stereocenters. The van der Waals surface area contributed by atoms with E-state index in [1.165, 1.54) is 6.33 Å². The van der Waals surface area contributed by atoms with Gasteiger partial charge >= 0.3 is 0 Å². The Kier molecular flexibility index (Phi) is 6.49. The summed E-state index contributed by atoms with van der Waals surface area (Å²) >= 11 is 0. The molecule has 0 aliphatic carbocycles. The number of benzene rings is 1. The predicted molar refractivity (Wildman–Crippen MR) is 135 cm³/mol. The van der Waals surface area contributed by atoms with E-state index in [2.05, 4.69) is 35.5 Å². The van der Waals surface area contributed by atoms with Crippen molar-refractivity contribution in [2.75, 3.05) is 36.9 Å². The molecule has 9 heteroatoms. The summed E-state index contributed by atoms with van der Waals surface area (Å²) in [5.74, 6) is 1.46. The molecule has 1 saturated heterocycles. The number of rotatable bonds is 7. The van der Waals surface area contributed by atoms with E-state index < -0.39 is 0 Å². The van der Waals surface area contributed by atoms with Crippen LogP contribution in [0.2, 0.25) is 0 Å². The molecule has 1 amide bonds. The number of fused-ring (bicyclic) bond motifs is 1. The number of pyridine rings is 2. The predicted octanol–water partition coefficient (Wildman–Crippen LogP) is 2.67. The first-order chi connectivity index (χ1) is 17.1. The van der Waals surface area contributed by atoms with Gasteiger partial charge < -0.3 is 20.6 Å². The molecular weight excluding hydrogens is 442 g/mol. The monoisotopic (exact) mass is 469 g/mol. The van der Waals surface area contributed by atoms with Gasteiger partial charge in [0.1, 0.15) is 18.0 Å². The molecule has 3 N–H and O–H groups in total. The SMILES string of the molecule is CNC(=O)c1ccnc2c(CCNc3cc(-c4ccc(N5CC[C@H](O)C5)nc4)ncn3)cccc12. The third kappa shape index (κ3) is 4.90. The van der Waals surface area contributed by atoms with Crippen LogP contribution in [0.4, 0.5) is 11.6 Å². The molecular formula is C26H27N7O2. The molecule has 0 spiro atoms. The van der Waals surface area contributed by atoms with Crippen molar-refractivity contribution < 1.29 is 9.90 Å². The van der Waals surface area contributed by atoms with Gasteiger partial charge in [0.15, 0.2) is 0 Å². The van der Waals surface area contributed by atoms with E-state index in [9.17, 15) is 9.90 Å². The second-order valence-electron chi connectivity index (χ2n) is 8.51. The first kappa shape index (κ1) is 22.7. The fraction of sp³-hybridized carbons (Fsp3) is 0.269. The number of aliphatic hydroxyl groups excluding tert-OH is 1. The van der Waals surface area contributed by atoms with Gasteiger partial charge in [-0.25, -0.2) is 15.0 Å². The lowest BCUT2D eigenvalue weighted by Gasteiger charge is -2.16. The van der Waals surface area contributed by atoms with Crippen molar-refractivity contribution >= 4 is 28.4 Å². The van der Waals surface area contributed by atoms with Crippen molar-refractivity contribution in [3.8, 4) is 11.3 Å². The van der Waals surface area contributed by atoms with Crippen molar-refractivity contribution in [2.45, 2.75) is 18.9 Å². The molecule has 3 aromatic heterocycles. The highest BCUT2D eigenvalue weighted by atomic mass is 16.3. The van der Waals surface area contributed by atoms with Crippen LogP contribution in [0.15, 0.2) is 61.2 Å². The van der Waals surface area contributed by atoms with Gasteiger partial charge in [0, 0.05) is 56.1 Å². The molecule has 1 aliphatic rings. The molecule has 1 atom stereocenters. The van der Waals surface area contributed by atoms with Crippen LogP contribution in [0, 0.1) is 0 Å². The number of nitrogens with zero attached hydrogens (tertiary/aromatic N) is 5. The summed E-state index contributed by atoms with van der Waals surface area (Å²) in [7, 11) is 1.63. The second kappa shape index (κ2) is 10.0. The van der Waals surface area contributed by atoms with Gasteiger partial charge in [0.2, 0.25) is 0 Å². The van der Waals surface area contributed by atoms with Crippen molar-refractivity contribution in [3.63, 3.8) is 0 Å². The van der Waals surface area contributed by atoms with Crippen LogP contribution in [-0.4, -0.2) is 63.7 Å². The number of β-amino-alcohol motifs (C(OH)–C–C–N with tert-alkyl or cyclic N) is 1. The van der Waals surface area contributed by atoms with Gasteiger partial charge in [-0.15, -0.1) is 0 Å².